The molecular formula is C13H19NO3. The molecule has 0 saturated heterocycles. The first kappa shape index (κ1) is 12.2. The van der Waals surface area contributed by atoms with E-state index in [4.69, 9.17) is 14.9 Å². The minimum absolute atomic E-state index is 0.204. The Hall–Kier alpha value is -1.29. The van der Waals surface area contributed by atoms with Gasteiger partial charge in [0.05, 0.1) is 7.11 Å². The van der Waals surface area contributed by atoms with Gasteiger partial charge >= 0.3 is 5.97 Å². The van der Waals surface area contributed by atoms with Crippen molar-refractivity contribution < 1.29 is 13.9 Å². The molecule has 2 rings (SSSR count). The average Bonchev–Trinajstić information content (AvgIpc) is 2.90. The van der Waals surface area contributed by atoms with Crippen molar-refractivity contribution in [2.75, 3.05) is 7.11 Å². The second kappa shape index (κ2) is 3.60. The molecule has 1 heterocycles. The maximum atomic E-state index is 11.5. The number of carbonyl (C=O) groups excluding carboxylic acids is 1. The number of nitrogens with two attached hydrogens (primary N) is 1. The molecule has 1 fully saturated rings. The predicted molar refractivity (Wildman–Crippen MR) is 64.0 cm³/mol. The van der Waals surface area contributed by atoms with Crippen molar-refractivity contribution in [3.05, 3.63) is 23.2 Å². The summed E-state index contributed by atoms with van der Waals surface area (Å²) in [5.74, 6) is 0.981. The highest BCUT2D eigenvalue weighted by Crippen LogP contribution is 2.49. The molecule has 17 heavy (non-hydrogen) atoms. The molecule has 2 N–H and O–H groups in total. The minimum Gasteiger partial charge on any atom is -0.465 e. The molecule has 0 radical (unpaired) electrons. The number of hydrogen-bond acceptors (Lipinski definition) is 4. The summed E-state index contributed by atoms with van der Waals surface area (Å²) in [7, 11) is 1.37. The number of hydrogen-bond donors (Lipinski definition) is 1. The molecule has 1 aromatic rings. The number of esters is 1. The van der Waals surface area contributed by atoms with Crippen LogP contribution in [0.1, 0.15) is 48.6 Å². The number of carbonyl (C=O) groups is 1. The lowest BCUT2D eigenvalue weighted by molar-refractivity contribution is 0.0599. The lowest BCUT2D eigenvalue weighted by Crippen LogP contribution is -2.43. The van der Waals surface area contributed by atoms with Crippen molar-refractivity contribution in [3.63, 3.8) is 0 Å². The molecule has 0 aliphatic heterocycles. The highest BCUT2D eigenvalue weighted by atomic mass is 16.5. The molecule has 1 aliphatic carbocycles. The quantitative estimate of drug-likeness (QED) is 0.818. The van der Waals surface area contributed by atoms with Crippen molar-refractivity contribution >= 4 is 5.97 Å². The van der Waals surface area contributed by atoms with E-state index in [2.05, 4.69) is 13.8 Å². The molecule has 1 aliphatic rings. The number of furan rings is 1. The summed E-state index contributed by atoms with van der Waals surface area (Å²) in [4.78, 5) is 11.5. The van der Waals surface area contributed by atoms with Crippen LogP contribution in [0.5, 0.6) is 0 Å². The van der Waals surface area contributed by atoms with E-state index in [-0.39, 0.29) is 16.9 Å². The number of aryl methyl sites for hydroxylation is 1. The Bertz CT molecular complexity index is 455. The summed E-state index contributed by atoms with van der Waals surface area (Å²) in [5.41, 5.74) is 6.27. The molecule has 0 atom stereocenters. The van der Waals surface area contributed by atoms with Crippen molar-refractivity contribution in [2.45, 2.75) is 44.6 Å². The first-order chi connectivity index (χ1) is 7.82. The fourth-order valence-corrected chi connectivity index (χ4v) is 2.11. The summed E-state index contributed by atoms with van der Waals surface area (Å²) in [5, 5.41) is 0. The standard InChI is InChI=1S/C13H19NO3/c1-8-9(11(15)16-4)7-10(17-8)12(2,3)13(14)5-6-13/h7H,5-6,14H2,1-4H3. The Kier molecular flexibility index (Phi) is 2.58. The molecule has 94 valence electrons. The molecule has 0 aromatic carbocycles. The van der Waals surface area contributed by atoms with Gasteiger partial charge in [-0.3, -0.25) is 0 Å². The van der Waals surface area contributed by atoms with Gasteiger partial charge in [0.2, 0.25) is 0 Å². The van der Waals surface area contributed by atoms with E-state index in [9.17, 15) is 4.79 Å². The van der Waals surface area contributed by atoms with Gasteiger partial charge in [0.25, 0.3) is 0 Å². The molecule has 1 saturated carbocycles. The number of ether oxygens (including phenoxy) is 1. The zero-order chi connectivity index (χ0) is 12.8. The van der Waals surface area contributed by atoms with Crippen LogP contribution in [-0.4, -0.2) is 18.6 Å². The van der Waals surface area contributed by atoms with Crippen LogP contribution < -0.4 is 5.73 Å². The Labute approximate surface area is 101 Å². The van der Waals surface area contributed by atoms with Crippen LogP contribution in [0.15, 0.2) is 10.5 Å². The summed E-state index contributed by atoms with van der Waals surface area (Å²) < 4.78 is 10.4. The Morgan fingerprint density at radius 2 is 2.12 bits per heavy atom. The van der Waals surface area contributed by atoms with Gasteiger partial charge in [-0.2, -0.15) is 0 Å². The van der Waals surface area contributed by atoms with Crippen LogP contribution in [0, 0.1) is 6.92 Å². The topological polar surface area (TPSA) is 65.5 Å². The average molecular weight is 237 g/mol. The summed E-state index contributed by atoms with van der Waals surface area (Å²) >= 11 is 0. The number of methoxy groups -OCH3 is 1. The minimum atomic E-state index is -0.366. The largest absolute Gasteiger partial charge is 0.465 e. The van der Waals surface area contributed by atoms with Crippen LogP contribution in [0.25, 0.3) is 0 Å². The van der Waals surface area contributed by atoms with E-state index in [1.165, 1.54) is 7.11 Å². The zero-order valence-corrected chi connectivity index (χ0v) is 10.8. The predicted octanol–water partition coefficient (Wildman–Crippen LogP) is 2.14. The van der Waals surface area contributed by atoms with Gasteiger partial charge < -0.3 is 14.9 Å². The molecule has 0 amide bonds. The molecule has 0 unspecified atom stereocenters. The highest BCUT2D eigenvalue weighted by Gasteiger charge is 2.53. The second-order valence-corrected chi connectivity index (χ2v) is 5.35. The fourth-order valence-electron chi connectivity index (χ4n) is 2.11. The third-order valence-corrected chi connectivity index (χ3v) is 3.97. The Morgan fingerprint density at radius 3 is 2.59 bits per heavy atom. The van der Waals surface area contributed by atoms with Gasteiger partial charge in [0.1, 0.15) is 17.1 Å². The van der Waals surface area contributed by atoms with Gasteiger partial charge in [0, 0.05) is 11.0 Å². The van der Waals surface area contributed by atoms with Crippen LogP contribution in [-0.2, 0) is 10.2 Å². The van der Waals surface area contributed by atoms with Crippen molar-refractivity contribution in [3.8, 4) is 0 Å². The van der Waals surface area contributed by atoms with Gasteiger partial charge in [0.15, 0.2) is 0 Å². The lowest BCUT2D eigenvalue weighted by Gasteiger charge is -2.29. The van der Waals surface area contributed by atoms with Crippen LogP contribution in [0.3, 0.4) is 0 Å². The first-order valence-corrected chi connectivity index (χ1v) is 5.80. The molecule has 4 heteroatoms. The first-order valence-electron chi connectivity index (χ1n) is 5.80. The van der Waals surface area contributed by atoms with E-state index in [0.717, 1.165) is 18.6 Å². The Balaban J connectivity index is 2.38. The fraction of sp³-hybridized carbons (Fsp3) is 0.615. The van der Waals surface area contributed by atoms with Gasteiger partial charge in [-0.05, 0) is 25.8 Å². The lowest BCUT2D eigenvalue weighted by atomic mass is 9.80. The van der Waals surface area contributed by atoms with Crippen LogP contribution in [0.4, 0.5) is 0 Å². The normalized spacial score (nSPS) is 17.9. The molecule has 0 bridgehead atoms. The van der Waals surface area contributed by atoms with Gasteiger partial charge in [-0.15, -0.1) is 0 Å². The molecular weight excluding hydrogens is 218 g/mol. The highest BCUT2D eigenvalue weighted by molar-refractivity contribution is 5.90. The Morgan fingerprint density at radius 1 is 1.53 bits per heavy atom. The number of rotatable bonds is 3. The maximum absolute atomic E-state index is 11.5. The van der Waals surface area contributed by atoms with Crippen LogP contribution in [0.2, 0.25) is 0 Å². The van der Waals surface area contributed by atoms with Gasteiger partial charge in [-0.25, -0.2) is 4.79 Å². The van der Waals surface area contributed by atoms with Gasteiger partial charge in [-0.1, -0.05) is 13.8 Å². The van der Waals surface area contributed by atoms with E-state index >= 15 is 0 Å². The zero-order valence-electron chi connectivity index (χ0n) is 10.8. The third-order valence-electron chi connectivity index (χ3n) is 3.97. The van der Waals surface area contributed by atoms with Crippen molar-refractivity contribution in [1.29, 1.82) is 0 Å². The summed E-state index contributed by atoms with van der Waals surface area (Å²) in [6.45, 7) is 5.88. The van der Waals surface area contributed by atoms with E-state index in [1.807, 2.05) is 0 Å². The second-order valence-electron chi connectivity index (χ2n) is 5.35. The maximum Gasteiger partial charge on any atom is 0.341 e. The molecule has 0 spiro atoms. The molecule has 4 nitrogen and oxygen atoms in total. The summed E-state index contributed by atoms with van der Waals surface area (Å²) in [6.07, 6.45) is 1.99. The van der Waals surface area contributed by atoms with Crippen LogP contribution >= 0.6 is 0 Å². The van der Waals surface area contributed by atoms with Crippen molar-refractivity contribution in [1.82, 2.24) is 0 Å². The van der Waals surface area contributed by atoms with E-state index in [1.54, 1.807) is 13.0 Å². The molecule has 1 aromatic heterocycles. The van der Waals surface area contributed by atoms with E-state index < -0.39 is 0 Å². The van der Waals surface area contributed by atoms with E-state index in [0.29, 0.717) is 11.3 Å². The van der Waals surface area contributed by atoms with Crippen molar-refractivity contribution in [2.24, 2.45) is 5.73 Å². The SMILES string of the molecule is COC(=O)c1cc(C(C)(C)C2(N)CC2)oc1C. The monoisotopic (exact) mass is 237 g/mol. The smallest absolute Gasteiger partial charge is 0.341 e. The summed E-state index contributed by atoms with van der Waals surface area (Å²) in [6, 6.07) is 1.76. The third kappa shape index (κ3) is 1.76.